The van der Waals surface area contributed by atoms with Crippen LogP contribution in [-0.4, -0.2) is 49.8 Å². The first-order chi connectivity index (χ1) is 7.17. The molecule has 2 N–H and O–H groups in total. The predicted molar refractivity (Wildman–Crippen MR) is 66.1 cm³/mol. The smallest absolute Gasteiger partial charge is 0.0558 e. The van der Waals surface area contributed by atoms with Gasteiger partial charge in [-0.05, 0) is 31.8 Å². The van der Waals surface area contributed by atoms with E-state index in [-0.39, 0.29) is 6.61 Å². The van der Waals surface area contributed by atoms with Crippen molar-refractivity contribution in [2.45, 2.75) is 33.6 Å². The molecule has 3 heteroatoms. The SMILES string of the molecule is CCN(CCO)CC(CC)(CC)CNC. The molecule has 0 radical (unpaired) electrons. The minimum atomic E-state index is 0.261. The summed E-state index contributed by atoms with van der Waals surface area (Å²) in [6.07, 6.45) is 2.37. The molecule has 0 aliphatic rings. The molecule has 0 aliphatic carbocycles. The van der Waals surface area contributed by atoms with Crippen molar-refractivity contribution in [1.29, 1.82) is 0 Å². The van der Waals surface area contributed by atoms with Crippen LogP contribution in [0.5, 0.6) is 0 Å². The Morgan fingerprint density at radius 3 is 2.13 bits per heavy atom. The van der Waals surface area contributed by atoms with Crippen LogP contribution >= 0.6 is 0 Å². The molecule has 0 amide bonds. The van der Waals surface area contributed by atoms with Crippen molar-refractivity contribution in [1.82, 2.24) is 10.2 Å². The zero-order chi connectivity index (χ0) is 11.7. The summed E-state index contributed by atoms with van der Waals surface area (Å²) in [7, 11) is 2.02. The Labute approximate surface area is 94.9 Å². The normalized spacial score (nSPS) is 12.4. The zero-order valence-corrected chi connectivity index (χ0v) is 10.8. The van der Waals surface area contributed by atoms with E-state index in [4.69, 9.17) is 5.11 Å². The second-order valence-electron chi connectivity index (χ2n) is 4.33. The van der Waals surface area contributed by atoms with Gasteiger partial charge in [-0.3, -0.25) is 0 Å². The van der Waals surface area contributed by atoms with Crippen LogP contribution in [0.4, 0.5) is 0 Å². The minimum Gasteiger partial charge on any atom is -0.395 e. The molecule has 0 heterocycles. The highest BCUT2D eigenvalue weighted by atomic mass is 16.3. The first kappa shape index (κ1) is 14.9. The Kier molecular flexibility index (Phi) is 8.02. The highest BCUT2D eigenvalue weighted by Gasteiger charge is 2.27. The van der Waals surface area contributed by atoms with Crippen molar-refractivity contribution in [3.8, 4) is 0 Å². The topological polar surface area (TPSA) is 35.5 Å². The summed E-state index contributed by atoms with van der Waals surface area (Å²) < 4.78 is 0. The molecule has 0 aromatic rings. The van der Waals surface area contributed by atoms with Crippen LogP contribution in [0.1, 0.15) is 33.6 Å². The fourth-order valence-corrected chi connectivity index (χ4v) is 2.12. The van der Waals surface area contributed by atoms with E-state index < -0.39 is 0 Å². The molecule has 0 spiro atoms. The Bertz CT molecular complexity index is 147. The number of nitrogens with zero attached hydrogens (tertiary/aromatic N) is 1. The quantitative estimate of drug-likeness (QED) is 0.610. The molecule has 0 aromatic carbocycles. The third-order valence-electron chi connectivity index (χ3n) is 3.47. The lowest BCUT2D eigenvalue weighted by molar-refractivity contribution is 0.120. The third kappa shape index (κ3) is 4.96. The average Bonchev–Trinajstić information content (AvgIpc) is 2.27. The van der Waals surface area contributed by atoms with Crippen LogP contribution in [0.3, 0.4) is 0 Å². The van der Waals surface area contributed by atoms with Gasteiger partial charge < -0.3 is 15.3 Å². The lowest BCUT2D eigenvalue weighted by Gasteiger charge is -2.36. The van der Waals surface area contributed by atoms with E-state index in [1.807, 2.05) is 7.05 Å². The second kappa shape index (κ2) is 8.08. The molecular formula is C12H28N2O. The second-order valence-corrected chi connectivity index (χ2v) is 4.33. The van der Waals surface area contributed by atoms with Crippen molar-refractivity contribution in [2.24, 2.45) is 5.41 Å². The van der Waals surface area contributed by atoms with Gasteiger partial charge in [0.25, 0.3) is 0 Å². The van der Waals surface area contributed by atoms with Crippen LogP contribution in [-0.2, 0) is 0 Å². The van der Waals surface area contributed by atoms with Crippen LogP contribution in [0.2, 0.25) is 0 Å². The summed E-state index contributed by atoms with van der Waals surface area (Å²) in [5.41, 5.74) is 0.361. The maximum Gasteiger partial charge on any atom is 0.0558 e. The van der Waals surface area contributed by atoms with E-state index in [9.17, 15) is 0 Å². The van der Waals surface area contributed by atoms with Gasteiger partial charge in [0.1, 0.15) is 0 Å². The number of nitrogens with one attached hydrogen (secondary N) is 1. The van der Waals surface area contributed by atoms with E-state index in [0.29, 0.717) is 5.41 Å². The molecule has 0 saturated heterocycles. The summed E-state index contributed by atoms with van der Waals surface area (Å²) in [4.78, 5) is 2.34. The number of aliphatic hydroxyl groups excluding tert-OH is 1. The summed E-state index contributed by atoms with van der Waals surface area (Å²) in [5.74, 6) is 0. The summed E-state index contributed by atoms with van der Waals surface area (Å²) in [6, 6.07) is 0. The number of hydrogen-bond donors (Lipinski definition) is 2. The molecule has 0 saturated carbocycles. The van der Waals surface area contributed by atoms with E-state index in [2.05, 4.69) is 31.0 Å². The van der Waals surface area contributed by atoms with Crippen LogP contribution in [0, 0.1) is 5.41 Å². The summed E-state index contributed by atoms with van der Waals surface area (Å²) in [5, 5.41) is 12.3. The Hall–Kier alpha value is -0.120. The predicted octanol–water partition coefficient (Wildman–Crippen LogP) is 1.33. The van der Waals surface area contributed by atoms with E-state index in [1.54, 1.807) is 0 Å². The molecular weight excluding hydrogens is 188 g/mol. The van der Waals surface area contributed by atoms with Gasteiger partial charge in [-0.1, -0.05) is 20.8 Å². The van der Waals surface area contributed by atoms with Gasteiger partial charge in [0, 0.05) is 19.6 Å². The molecule has 3 nitrogen and oxygen atoms in total. The summed E-state index contributed by atoms with van der Waals surface area (Å²) in [6.45, 7) is 10.9. The fourth-order valence-electron chi connectivity index (χ4n) is 2.12. The standard InChI is InChI=1S/C12H28N2O/c1-5-12(6-2,10-13-4)11-14(7-3)8-9-15/h13,15H,5-11H2,1-4H3. The average molecular weight is 216 g/mol. The van der Waals surface area contributed by atoms with Crippen molar-refractivity contribution in [2.75, 3.05) is 39.8 Å². The Morgan fingerprint density at radius 2 is 1.80 bits per heavy atom. The van der Waals surface area contributed by atoms with Gasteiger partial charge in [0.05, 0.1) is 6.61 Å². The molecule has 0 bridgehead atoms. The van der Waals surface area contributed by atoms with Crippen LogP contribution < -0.4 is 5.32 Å². The van der Waals surface area contributed by atoms with Crippen molar-refractivity contribution >= 4 is 0 Å². The van der Waals surface area contributed by atoms with Crippen molar-refractivity contribution in [3.63, 3.8) is 0 Å². The Morgan fingerprint density at radius 1 is 1.20 bits per heavy atom. The Balaban J connectivity index is 4.34. The monoisotopic (exact) mass is 216 g/mol. The van der Waals surface area contributed by atoms with Crippen LogP contribution in [0.15, 0.2) is 0 Å². The highest BCUT2D eigenvalue weighted by Crippen LogP contribution is 2.26. The fraction of sp³-hybridized carbons (Fsp3) is 1.00. The highest BCUT2D eigenvalue weighted by molar-refractivity contribution is 4.82. The van der Waals surface area contributed by atoms with Crippen molar-refractivity contribution in [3.05, 3.63) is 0 Å². The van der Waals surface area contributed by atoms with Gasteiger partial charge >= 0.3 is 0 Å². The van der Waals surface area contributed by atoms with Gasteiger partial charge in [0.15, 0.2) is 0 Å². The van der Waals surface area contributed by atoms with Gasteiger partial charge in [-0.25, -0.2) is 0 Å². The van der Waals surface area contributed by atoms with Gasteiger partial charge in [-0.2, -0.15) is 0 Å². The molecule has 0 aliphatic heterocycles. The lowest BCUT2D eigenvalue weighted by Crippen LogP contribution is -2.43. The molecule has 0 unspecified atom stereocenters. The van der Waals surface area contributed by atoms with Crippen LogP contribution in [0.25, 0.3) is 0 Å². The maximum atomic E-state index is 8.98. The van der Waals surface area contributed by atoms with E-state index in [0.717, 1.165) is 26.2 Å². The lowest BCUT2D eigenvalue weighted by atomic mass is 9.81. The van der Waals surface area contributed by atoms with Crippen molar-refractivity contribution < 1.29 is 5.11 Å². The number of hydrogen-bond acceptors (Lipinski definition) is 3. The molecule has 92 valence electrons. The summed E-state index contributed by atoms with van der Waals surface area (Å²) >= 11 is 0. The number of rotatable bonds is 9. The van der Waals surface area contributed by atoms with E-state index >= 15 is 0 Å². The molecule has 0 atom stereocenters. The molecule has 0 fully saturated rings. The molecule has 0 aromatic heterocycles. The van der Waals surface area contributed by atoms with E-state index in [1.165, 1.54) is 12.8 Å². The minimum absolute atomic E-state index is 0.261. The third-order valence-corrected chi connectivity index (χ3v) is 3.47. The number of likely N-dealkylation sites (N-methyl/N-ethyl adjacent to an activating group) is 1. The van der Waals surface area contributed by atoms with Gasteiger partial charge in [-0.15, -0.1) is 0 Å². The van der Waals surface area contributed by atoms with Gasteiger partial charge in [0.2, 0.25) is 0 Å². The number of aliphatic hydroxyl groups is 1. The zero-order valence-electron chi connectivity index (χ0n) is 10.8. The molecule has 15 heavy (non-hydrogen) atoms. The first-order valence-electron chi connectivity index (χ1n) is 6.15. The first-order valence-corrected chi connectivity index (χ1v) is 6.15. The maximum absolute atomic E-state index is 8.98. The molecule has 0 rings (SSSR count). The largest absolute Gasteiger partial charge is 0.395 e.